The molecule has 0 saturated carbocycles. The van der Waals surface area contributed by atoms with Crippen LogP contribution in [0.1, 0.15) is 11.6 Å². The van der Waals surface area contributed by atoms with Gasteiger partial charge in [-0.1, -0.05) is 48.5 Å². The van der Waals surface area contributed by atoms with E-state index in [1.807, 2.05) is 42.5 Å². The molecule has 1 saturated heterocycles. The van der Waals surface area contributed by atoms with Crippen LogP contribution in [0, 0.1) is 0 Å². The van der Waals surface area contributed by atoms with Gasteiger partial charge in [0.05, 0.1) is 0 Å². The van der Waals surface area contributed by atoms with Gasteiger partial charge in [0.1, 0.15) is 6.04 Å². The zero-order valence-electron chi connectivity index (χ0n) is 13.7. The standard InChI is InChI=1S/C20H19F3N2/c21-20(22,23)19(25-11-9-24-10-12-25)18-16-7-3-1-5-14(16)13-15-6-2-4-8-17(15)18/h1-8,13,19,24H,9-12H2/t19-/m1/s1. The summed E-state index contributed by atoms with van der Waals surface area (Å²) in [4.78, 5) is 1.56. The molecular weight excluding hydrogens is 325 g/mol. The lowest BCUT2D eigenvalue weighted by Gasteiger charge is -2.37. The smallest absolute Gasteiger partial charge is 0.314 e. The topological polar surface area (TPSA) is 15.3 Å². The van der Waals surface area contributed by atoms with Crippen LogP contribution >= 0.6 is 0 Å². The second kappa shape index (κ2) is 6.32. The van der Waals surface area contributed by atoms with Gasteiger partial charge in [0.15, 0.2) is 0 Å². The number of hydrogen-bond donors (Lipinski definition) is 1. The van der Waals surface area contributed by atoms with Crippen molar-refractivity contribution in [2.45, 2.75) is 12.2 Å². The van der Waals surface area contributed by atoms with Crippen LogP contribution in [0.2, 0.25) is 0 Å². The number of rotatable bonds is 2. The third-order valence-electron chi connectivity index (χ3n) is 4.91. The average molecular weight is 344 g/mol. The van der Waals surface area contributed by atoms with Crippen molar-refractivity contribution < 1.29 is 13.2 Å². The molecule has 0 spiro atoms. The summed E-state index contributed by atoms with van der Waals surface area (Å²) in [6, 6.07) is 15.1. The van der Waals surface area contributed by atoms with E-state index in [4.69, 9.17) is 0 Å². The first-order chi connectivity index (χ1) is 12.1. The molecule has 1 aliphatic rings. The van der Waals surface area contributed by atoms with Gasteiger partial charge in [-0.15, -0.1) is 0 Å². The van der Waals surface area contributed by atoms with Crippen LogP contribution in [0.15, 0.2) is 54.6 Å². The van der Waals surface area contributed by atoms with Crippen LogP contribution in [-0.4, -0.2) is 37.3 Å². The molecule has 5 heteroatoms. The fraction of sp³-hybridized carbons (Fsp3) is 0.300. The van der Waals surface area contributed by atoms with Gasteiger partial charge in [-0.05, 0) is 33.2 Å². The third-order valence-corrected chi connectivity index (χ3v) is 4.91. The van der Waals surface area contributed by atoms with Crippen molar-refractivity contribution in [3.63, 3.8) is 0 Å². The number of halogens is 3. The SMILES string of the molecule is FC(F)(F)[C@@H](c1c2ccccc2cc2ccccc12)N1CCNCC1. The maximum Gasteiger partial charge on any atom is 0.408 e. The van der Waals surface area contributed by atoms with Crippen LogP contribution in [0.5, 0.6) is 0 Å². The first-order valence-electron chi connectivity index (χ1n) is 8.47. The number of alkyl halides is 3. The predicted molar refractivity (Wildman–Crippen MR) is 94.7 cm³/mol. The summed E-state index contributed by atoms with van der Waals surface area (Å²) >= 11 is 0. The van der Waals surface area contributed by atoms with Gasteiger partial charge < -0.3 is 5.32 Å². The average Bonchev–Trinajstić information content (AvgIpc) is 2.61. The molecule has 0 amide bonds. The molecular formula is C20H19F3N2. The zero-order chi connectivity index (χ0) is 17.4. The molecule has 1 heterocycles. The highest BCUT2D eigenvalue weighted by Crippen LogP contribution is 2.44. The zero-order valence-corrected chi connectivity index (χ0v) is 13.7. The third kappa shape index (κ3) is 2.98. The van der Waals surface area contributed by atoms with Crippen LogP contribution < -0.4 is 5.32 Å². The van der Waals surface area contributed by atoms with E-state index < -0.39 is 12.2 Å². The summed E-state index contributed by atoms with van der Waals surface area (Å²) < 4.78 is 42.6. The molecule has 0 unspecified atom stereocenters. The van der Waals surface area contributed by atoms with Crippen molar-refractivity contribution in [1.29, 1.82) is 0 Å². The Kier molecular flexibility index (Phi) is 4.13. The van der Waals surface area contributed by atoms with Gasteiger partial charge in [0.25, 0.3) is 0 Å². The molecule has 0 radical (unpaired) electrons. The lowest BCUT2D eigenvalue weighted by atomic mass is 9.91. The molecule has 3 aromatic rings. The largest absolute Gasteiger partial charge is 0.408 e. The van der Waals surface area contributed by atoms with Crippen molar-refractivity contribution in [1.82, 2.24) is 10.2 Å². The maximum absolute atomic E-state index is 14.2. The molecule has 2 nitrogen and oxygen atoms in total. The Morgan fingerprint density at radius 3 is 1.88 bits per heavy atom. The number of nitrogens with one attached hydrogen (secondary N) is 1. The molecule has 3 aromatic carbocycles. The summed E-state index contributed by atoms with van der Waals surface area (Å²) in [5.74, 6) is 0. The van der Waals surface area contributed by atoms with Gasteiger partial charge in [-0.25, -0.2) is 0 Å². The van der Waals surface area contributed by atoms with E-state index in [9.17, 15) is 13.2 Å². The van der Waals surface area contributed by atoms with Gasteiger partial charge in [-0.2, -0.15) is 13.2 Å². The van der Waals surface area contributed by atoms with E-state index in [2.05, 4.69) is 5.32 Å². The molecule has 0 aliphatic carbocycles. The Bertz CT molecular complexity index is 844. The minimum atomic E-state index is -4.33. The van der Waals surface area contributed by atoms with Crippen LogP contribution in [-0.2, 0) is 0 Å². The molecule has 1 fully saturated rings. The van der Waals surface area contributed by atoms with Crippen molar-refractivity contribution >= 4 is 21.5 Å². The van der Waals surface area contributed by atoms with Gasteiger partial charge in [0, 0.05) is 26.2 Å². The quantitative estimate of drug-likeness (QED) is 0.689. The van der Waals surface area contributed by atoms with Crippen molar-refractivity contribution in [2.24, 2.45) is 0 Å². The second-order valence-corrected chi connectivity index (χ2v) is 6.46. The van der Waals surface area contributed by atoms with Gasteiger partial charge in [0.2, 0.25) is 0 Å². The molecule has 4 rings (SSSR count). The van der Waals surface area contributed by atoms with Crippen LogP contribution in [0.25, 0.3) is 21.5 Å². The highest BCUT2D eigenvalue weighted by atomic mass is 19.4. The van der Waals surface area contributed by atoms with Crippen LogP contribution in [0.3, 0.4) is 0 Å². The number of nitrogens with zero attached hydrogens (tertiary/aromatic N) is 1. The number of piperazine rings is 1. The molecule has 130 valence electrons. The lowest BCUT2D eigenvalue weighted by molar-refractivity contribution is -0.187. The lowest BCUT2D eigenvalue weighted by Crippen LogP contribution is -2.49. The number of hydrogen-bond acceptors (Lipinski definition) is 2. The van der Waals surface area contributed by atoms with E-state index in [0.29, 0.717) is 42.5 Å². The molecule has 1 N–H and O–H groups in total. The summed E-state index contributed by atoms with van der Waals surface area (Å²) in [5, 5.41) is 6.20. The summed E-state index contributed by atoms with van der Waals surface area (Å²) in [5.41, 5.74) is 0.378. The molecule has 0 bridgehead atoms. The van der Waals surface area contributed by atoms with Crippen molar-refractivity contribution in [3.8, 4) is 0 Å². The Hall–Kier alpha value is -2.11. The summed E-state index contributed by atoms with van der Waals surface area (Å²) in [6.45, 7) is 1.94. The number of fused-ring (bicyclic) bond motifs is 2. The maximum atomic E-state index is 14.2. The predicted octanol–water partition coefficient (Wildman–Crippen LogP) is 4.50. The second-order valence-electron chi connectivity index (χ2n) is 6.46. The van der Waals surface area contributed by atoms with E-state index in [1.165, 1.54) is 0 Å². The van der Waals surface area contributed by atoms with Crippen LogP contribution in [0.4, 0.5) is 13.2 Å². The van der Waals surface area contributed by atoms with Crippen molar-refractivity contribution in [2.75, 3.05) is 26.2 Å². The first kappa shape index (κ1) is 16.4. The highest BCUT2D eigenvalue weighted by Gasteiger charge is 2.46. The molecule has 1 aliphatic heterocycles. The monoisotopic (exact) mass is 344 g/mol. The summed E-state index contributed by atoms with van der Waals surface area (Å²) in [7, 11) is 0. The highest BCUT2D eigenvalue weighted by molar-refractivity contribution is 6.02. The fourth-order valence-corrected chi connectivity index (χ4v) is 3.84. The molecule has 0 aromatic heterocycles. The van der Waals surface area contributed by atoms with E-state index >= 15 is 0 Å². The number of benzene rings is 3. The van der Waals surface area contributed by atoms with E-state index in [0.717, 1.165) is 10.8 Å². The van der Waals surface area contributed by atoms with Crippen molar-refractivity contribution in [3.05, 3.63) is 60.2 Å². The normalized spacial score (nSPS) is 17.9. The minimum Gasteiger partial charge on any atom is -0.314 e. The van der Waals surface area contributed by atoms with E-state index in [-0.39, 0.29) is 0 Å². The Balaban J connectivity index is 2.03. The van der Waals surface area contributed by atoms with Gasteiger partial charge in [-0.3, -0.25) is 4.90 Å². The Morgan fingerprint density at radius 2 is 1.36 bits per heavy atom. The Labute approximate surface area is 144 Å². The molecule has 1 atom stereocenters. The fourth-order valence-electron chi connectivity index (χ4n) is 3.84. The summed E-state index contributed by atoms with van der Waals surface area (Å²) in [6.07, 6.45) is -4.33. The minimum absolute atomic E-state index is 0.378. The molecule has 25 heavy (non-hydrogen) atoms. The van der Waals surface area contributed by atoms with E-state index in [1.54, 1.807) is 17.0 Å². The Morgan fingerprint density at radius 1 is 0.840 bits per heavy atom. The first-order valence-corrected chi connectivity index (χ1v) is 8.47. The van der Waals surface area contributed by atoms with Gasteiger partial charge >= 0.3 is 6.18 Å².